The normalized spacial score (nSPS) is 23.0. The maximum atomic E-state index is 13.2. The first kappa shape index (κ1) is 18.9. The highest BCUT2D eigenvalue weighted by molar-refractivity contribution is 6.00. The molecule has 1 amide bonds. The van der Waals surface area contributed by atoms with Crippen LogP contribution in [0.15, 0.2) is 52.9 Å². The van der Waals surface area contributed by atoms with Gasteiger partial charge in [0.25, 0.3) is 0 Å². The number of aromatic nitrogens is 1. The van der Waals surface area contributed by atoms with E-state index in [2.05, 4.69) is 4.98 Å². The van der Waals surface area contributed by atoms with Crippen molar-refractivity contribution in [3.05, 3.63) is 65.5 Å². The topological polar surface area (TPSA) is 72.6 Å². The third-order valence-corrected chi connectivity index (χ3v) is 6.30. The second-order valence-corrected chi connectivity index (χ2v) is 8.28. The number of nitrogens with zero attached hydrogens (tertiary/aromatic N) is 2. The van der Waals surface area contributed by atoms with Crippen LogP contribution in [-0.2, 0) is 11.3 Å². The van der Waals surface area contributed by atoms with E-state index in [0.29, 0.717) is 29.9 Å². The summed E-state index contributed by atoms with van der Waals surface area (Å²) in [4.78, 5) is 32.1. The van der Waals surface area contributed by atoms with E-state index in [1.165, 1.54) is 0 Å². The molecule has 2 bridgehead atoms. The van der Waals surface area contributed by atoms with E-state index in [9.17, 15) is 9.59 Å². The van der Waals surface area contributed by atoms with Crippen molar-refractivity contribution >= 4 is 23.0 Å². The zero-order chi connectivity index (χ0) is 20.7. The number of ether oxygens (including phenoxy) is 1. The molecule has 2 aromatic carbocycles. The number of Topliss-reactive ketones (excluding diaryl/α,β-unsaturated/α-hetero) is 1. The number of carbonyl (C=O) groups is 2. The van der Waals surface area contributed by atoms with Gasteiger partial charge in [0.1, 0.15) is 12.1 Å². The van der Waals surface area contributed by atoms with E-state index in [4.69, 9.17) is 9.15 Å². The Labute approximate surface area is 174 Å². The lowest BCUT2D eigenvalue weighted by atomic mass is 9.85. The highest BCUT2D eigenvalue weighted by atomic mass is 16.6. The molecule has 30 heavy (non-hydrogen) atoms. The van der Waals surface area contributed by atoms with Gasteiger partial charge in [0.2, 0.25) is 0 Å². The van der Waals surface area contributed by atoms with E-state index in [1.807, 2.05) is 47.4 Å². The van der Waals surface area contributed by atoms with Crippen LogP contribution in [0.3, 0.4) is 0 Å². The van der Waals surface area contributed by atoms with Gasteiger partial charge in [-0.2, -0.15) is 0 Å². The Balaban J connectivity index is 1.26. The minimum absolute atomic E-state index is 0.0669. The van der Waals surface area contributed by atoms with Crippen LogP contribution in [0, 0.1) is 12.8 Å². The molecular weight excluding hydrogens is 380 g/mol. The predicted molar refractivity (Wildman–Crippen MR) is 111 cm³/mol. The third kappa shape index (κ3) is 3.47. The van der Waals surface area contributed by atoms with E-state index >= 15 is 0 Å². The Morgan fingerprint density at radius 1 is 1.10 bits per heavy atom. The second-order valence-electron chi connectivity index (χ2n) is 8.28. The molecule has 6 heteroatoms. The van der Waals surface area contributed by atoms with Gasteiger partial charge in [-0.15, -0.1) is 0 Å². The van der Waals surface area contributed by atoms with Gasteiger partial charge in [-0.1, -0.05) is 30.3 Å². The van der Waals surface area contributed by atoms with Crippen molar-refractivity contribution in [1.29, 1.82) is 0 Å². The molecule has 0 saturated carbocycles. The van der Waals surface area contributed by atoms with E-state index < -0.39 is 0 Å². The van der Waals surface area contributed by atoms with Crippen LogP contribution in [-0.4, -0.2) is 33.8 Å². The van der Waals surface area contributed by atoms with Crippen molar-refractivity contribution in [1.82, 2.24) is 9.88 Å². The molecule has 2 aliphatic heterocycles. The van der Waals surface area contributed by atoms with Crippen molar-refractivity contribution in [3.8, 4) is 0 Å². The third-order valence-electron chi connectivity index (χ3n) is 6.30. The maximum Gasteiger partial charge on any atom is 0.410 e. The Morgan fingerprint density at radius 3 is 2.57 bits per heavy atom. The molecule has 0 N–H and O–H groups in total. The largest absolute Gasteiger partial charge is 0.445 e. The number of piperidine rings is 1. The van der Waals surface area contributed by atoms with Crippen molar-refractivity contribution in [2.45, 2.75) is 51.3 Å². The van der Waals surface area contributed by atoms with Crippen LogP contribution in [0.1, 0.15) is 47.5 Å². The Bertz CT molecular complexity index is 1080. The molecule has 2 unspecified atom stereocenters. The van der Waals surface area contributed by atoms with Gasteiger partial charge in [-0.05, 0) is 49.4 Å². The molecule has 5 rings (SSSR count). The average Bonchev–Trinajstić information content (AvgIpc) is 3.26. The number of carbonyl (C=O) groups excluding carboxylic acids is 2. The molecule has 2 fully saturated rings. The van der Waals surface area contributed by atoms with Gasteiger partial charge in [-0.3, -0.25) is 4.79 Å². The number of amides is 1. The molecule has 2 saturated heterocycles. The summed E-state index contributed by atoms with van der Waals surface area (Å²) in [7, 11) is 0. The number of hydrogen-bond donors (Lipinski definition) is 0. The van der Waals surface area contributed by atoms with Gasteiger partial charge in [0.05, 0.1) is 0 Å². The monoisotopic (exact) mass is 404 g/mol. The van der Waals surface area contributed by atoms with Crippen LogP contribution < -0.4 is 0 Å². The molecule has 2 aliphatic rings. The van der Waals surface area contributed by atoms with Crippen LogP contribution >= 0.6 is 0 Å². The van der Waals surface area contributed by atoms with Crippen LogP contribution in [0.2, 0.25) is 0 Å². The summed E-state index contributed by atoms with van der Waals surface area (Å²) in [6, 6.07) is 15.3. The van der Waals surface area contributed by atoms with E-state index in [-0.39, 0.29) is 36.5 Å². The number of fused-ring (bicyclic) bond motifs is 3. The Kier molecular flexibility index (Phi) is 4.77. The highest BCUT2D eigenvalue weighted by Gasteiger charge is 2.46. The van der Waals surface area contributed by atoms with Gasteiger partial charge >= 0.3 is 6.09 Å². The van der Waals surface area contributed by atoms with Crippen molar-refractivity contribution in [2.75, 3.05) is 0 Å². The van der Waals surface area contributed by atoms with Crippen LogP contribution in [0.5, 0.6) is 0 Å². The lowest BCUT2D eigenvalue weighted by molar-refractivity contribution is 0.0485. The van der Waals surface area contributed by atoms with Crippen molar-refractivity contribution < 1.29 is 18.7 Å². The highest BCUT2D eigenvalue weighted by Crippen LogP contribution is 2.40. The summed E-state index contributed by atoms with van der Waals surface area (Å²) < 4.78 is 11.1. The van der Waals surface area contributed by atoms with Crippen LogP contribution in [0.25, 0.3) is 11.1 Å². The fourth-order valence-electron chi connectivity index (χ4n) is 4.91. The predicted octanol–water partition coefficient (Wildman–Crippen LogP) is 4.90. The summed E-state index contributed by atoms with van der Waals surface area (Å²) in [6.07, 6.45) is 2.95. The first-order valence-corrected chi connectivity index (χ1v) is 10.5. The molecule has 0 spiro atoms. The summed E-state index contributed by atoms with van der Waals surface area (Å²) in [6.45, 7) is 2.07. The fourth-order valence-corrected chi connectivity index (χ4v) is 4.91. The van der Waals surface area contributed by atoms with E-state index in [0.717, 1.165) is 23.9 Å². The molecular formula is C24H24N2O4. The molecule has 2 atom stereocenters. The van der Waals surface area contributed by atoms with Gasteiger partial charge in [0.15, 0.2) is 17.3 Å². The van der Waals surface area contributed by atoms with Gasteiger partial charge in [-0.25, -0.2) is 9.78 Å². The number of ketones is 1. The van der Waals surface area contributed by atoms with Gasteiger partial charge in [0, 0.05) is 30.5 Å². The first-order chi connectivity index (χ1) is 14.6. The molecule has 3 heterocycles. The second kappa shape index (κ2) is 7.59. The minimum Gasteiger partial charge on any atom is -0.445 e. The first-order valence-electron chi connectivity index (χ1n) is 10.5. The van der Waals surface area contributed by atoms with E-state index in [1.54, 1.807) is 13.0 Å². The summed E-state index contributed by atoms with van der Waals surface area (Å²) in [5.41, 5.74) is 3.04. The fraction of sp³-hybridized carbons (Fsp3) is 0.375. The minimum atomic E-state index is -0.268. The Hall–Kier alpha value is -3.15. The van der Waals surface area contributed by atoms with Crippen molar-refractivity contribution in [3.63, 3.8) is 0 Å². The average molecular weight is 404 g/mol. The maximum absolute atomic E-state index is 13.2. The quantitative estimate of drug-likeness (QED) is 0.579. The molecule has 1 aromatic heterocycles. The molecule has 0 radical (unpaired) electrons. The molecule has 6 nitrogen and oxygen atoms in total. The lowest BCUT2D eigenvalue weighted by Crippen LogP contribution is -2.48. The lowest BCUT2D eigenvalue weighted by Gasteiger charge is -2.37. The molecule has 154 valence electrons. The number of rotatable bonds is 4. The summed E-state index contributed by atoms with van der Waals surface area (Å²) in [5.74, 6) is 0.636. The molecule has 3 aromatic rings. The number of aryl methyl sites for hydroxylation is 1. The van der Waals surface area contributed by atoms with Crippen molar-refractivity contribution in [2.24, 2.45) is 5.92 Å². The number of hydrogen-bond acceptors (Lipinski definition) is 5. The standard InChI is InChI=1S/C24H24N2O4/c1-15-25-21-10-7-17(13-22(21)30-15)23(27)18-11-19-8-9-20(12-18)26(19)24(28)29-14-16-5-3-2-4-6-16/h2-7,10,13,18-20H,8-9,11-12,14H2,1H3. The number of benzene rings is 2. The number of oxazole rings is 1. The Morgan fingerprint density at radius 2 is 1.83 bits per heavy atom. The van der Waals surface area contributed by atoms with Crippen LogP contribution in [0.4, 0.5) is 4.79 Å². The van der Waals surface area contributed by atoms with Gasteiger partial charge < -0.3 is 14.1 Å². The summed E-state index contributed by atoms with van der Waals surface area (Å²) in [5, 5.41) is 0. The zero-order valence-corrected chi connectivity index (χ0v) is 16.9. The summed E-state index contributed by atoms with van der Waals surface area (Å²) >= 11 is 0. The SMILES string of the molecule is Cc1nc2ccc(C(=O)C3CC4CCC(C3)N4C(=O)OCc3ccccc3)cc2o1. The molecule has 0 aliphatic carbocycles. The smallest absolute Gasteiger partial charge is 0.410 e. The zero-order valence-electron chi connectivity index (χ0n) is 16.9.